The number of rotatable bonds is 4. The van der Waals surface area contributed by atoms with Crippen molar-refractivity contribution in [2.45, 2.75) is 18.2 Å². The van der Waals surface area contributed by atoms with Crippen molar-refractivity contribution in [2.24, 2.45) is 0 Å². The van der Waals surface area contributed by atoms with Crippen LogP contribution in [0.3, 0.4) is 0 Å². The summed E-state index contributed by atoms with van der Waals surface area (Å²) in [5.41, 5.74) is 3.93. The number of thiazole rings is 1. The third-order valence-electron chi connectivity index (χ3n) is 2.35. The lowest BCUT2D eigenvalue weighted by molar-refractivity contribution is -0.142. The zero-order chi connectivity index (χ0) is 12.3. The molecule has 0 saturated heterocycles. The Kier molecular flexibility index (Phi) is 4.12. The summed E-state index contributed by atoms with van der Waals surface area (Å²) in [6, 6.07) is 6.04. The Hall–Kier alpha value is -0.940. The van der Waals surface area contributed by atoms with Crippen molar-refractivity contribution in [2.75, 3.05) is 6.61 Å². The maximum atomic E-state index is 11.5. The van der Waals surface area contributed by atoms with E-state index < -0.39 is 0 Å². The molecule has 0 aliphatic rings. The third kappa shape index (κ3) is 3.04. The molecule has 5 heteroatoms. The SMILES string of the molecule is CCOC(=O)C(Br)Cc1ccc2ncsc2c1. The van der Waals surface area contributed by atoms with E-state index in [-0.39, 0.29) is 10.8 Å². The van der Waals surface area contributed by atoms with Gasteiger partial charge in [-0.3, -0.25) is 4.79 Å². The van der Waals surface area contributed by atoms with Crippen LogP contribution in [0.4, 0.5) is 0 Å². The molecular formula is C12H12BrNO2S. The van der Waals surface area contributed by atoms with Crippen molar-refractivity contribution >= 4 is 43.5 Å². The van der Waals surface area contributed by atoms with Gasteiger partial charge in [0.2, 0.25) is 0 Å². The van der Waals surface area contributed by atoms with Gasteiger partial charge in [-0.1, -0.05) is 22.0 Å². The van der Waals surface area contributed by atoms with Crippen LogP contribution in [0.1, 0.15) is 12.5 Å². The van der Waals surface area contributed by atoms with E-state index in [0.29, 0.717) is 13.0 Å². The first-order valence-electron chi connectivity index (χ1n) is 5.33. The van der Waals surface area contributed by atoms with Gasteiger partial charge in [-0.25, -0.2) is 4.98 Å². The summed E-state index contributed by atoms with van der Waals surface area (Å²) in [7, 11) is 0. The Morgan fingerprint density at radius 1 is 1.59 bits per heavy atom. The first-order chi connectivity index (χ1) is 8.20. The molecule has 1 unspecified atom stereocenters. The van der Waals surface area contributed by atoms with Gasteiger partial charge < -0.3 is 4.74 Å². The number of halogens is 1. The molecule has 1 aromatic heterocycles. The number of ether oxygens (including phenoxy) is 1. The predicted octanol–water partition coefficient (Wildman–Crippen LogP) is 3.17. The van der Waals surface area contributed by atoms with Crippen LogP contribution >= 0.6 is 27.3 Å². The molecule has 1 heterocycles. The van der Waals surface area contributed by atoms with Gasteiger partial charge >= 0.3 is 5.97 Å². The maximum Gasteiger partial charge on any atom is 0.320 e. The lowest BCUT2D eigenvalue weighted by Crippen LogP contribution is -2.19. The fourth-order valence-electron chi connectivity index (χ4n) is 1.55. The molecule has 0 N–H and O–H groups in total. The van der Waals surface area contributed by atoms with Crippen molar-refractivity contribution in [1.29, 1.82) is 0 Å². The smallest absolute Gasteiger partial charge is 0.320 e. The van der Waals surface area contributed by atoms with E-state index in [1.165, 1.54) is 0 Å². The van der Waals surface area contributed by atoms with E-state index in [0.717, 1.165) is 15.8 Å². The highest BCUT2D eigenvalue weighted by atomic mass is 79.9. The average Bonchev–Trinajstić information content (AvgIpc) is 2.76. The number of alkyl halides is 1. The minimum absolute atomic E-state index is 0.211. The van der Waals surface area contributed by atoms with E-state index in [1.807, 2.05) is 17.6 Å². The van der Waals surface area contributed by atoms with Crippen LogP contribution in [0, 0.1) is 0 Å². The Bertz CT molecular complexity index is 526. The van der Waals surface area contributed by atoms with E-state index in [2.05, 4.69) is 27.0 Å². The summed E-state index contributed by atoms with van der Waals surface area (Å²) in [5.74, 6) is -0.211. The van der Waals surface area contributed by atoms with Crippen LogP contribution in [0.5, 0.6) is 0 Å². The van der Waals surface area contributed by atoms with Crippen molar-refractivity contribution in [1.82, 2.24) is 4.98 Å². The standard InChI is InChI=1S/C12H12BrNO2S/c1-2-16-12(15)9(13)5-8-3-4-10-11(6-8)17-7-14-10/h3-4,6-7,9H,2,5H2,1H3. The van der Waals surface area contributed by atoms with Crippen LogP contribution in [0.15, 0.2) is 23.7 Å². The Labute approximate surface area is 112 Å². The van der Waals surface area contributed by atoms with Crippen LogP contribution in [-0.2, 0) is 16.0 Å². The predicted molar refractivity (Wildman–Crippen MR) is 72.7 cm³/mol. The number of fused-ring (bicyclic) bond motifs is 1. The van der Waals surface area contributed by atoms with Crippen molar-refractivity contribution in [3.63, 3.8) is 0 Å². The number of benzene rings is 1. The van der Waals surface area contributed by atoms with Crippen molar-refractivity contribution in [3.05, 3.63) is 29.3 Å². The molecule has 0 aliphatic carbocycles. The third-order valence-corrected chi connectivity index (χ3v) is 3.84. The van der Waals surface area contributed by atoms with Crippen LogP contribution in [0.25, 0.3) is 10.2 Å². The summed E-state index contributed by atoms with van der Waals surface area (Å²) >= 11 is 4.95. The minimum atomic E-state index is -0.284. The molecule has 0 radical (unpaired) electrons. The number of hydrogen-bond acceptors (Lipinski definition) is 4. The molecule has 0 amide bonds. The lowest BCUT2D eigenvalue weighted by Gasteiger charge is -2.08. The summed E-state index contributed by atoms with van der Waals surface area (Å²) in [6.45, 7) is 2.22. The number of aromatic nitrogens is 1. The van der Waals surface area contributed by atoms with Crippen LogP contribution in [0.2, 0.25) is 0 Å². The Morgan fingerprint density at radius 3 is 3.18 bits per heavy atom. The second-order valence-electron chi connectivity index (χ2n) is 3.58. The number of nitrogens with zero attached hydrogens (tertiary/aromatic N) is 1. The quantitative estimate of drug-likeness (QED) is 0.643. The minimum Gasteiger partial charge on any atom is -0.465 e. The second kappa shape index (κ2) is 5.60. The van der Waals surface area contributed by atoms with Gasteiger partial charge in [0.25, 0.3) is 0 Å². The van der Waals surface area contributed by atoms with Crippen LogP contribution in [-0.4, -0.2) is 22.4 Å². The van der Waals surface area contributed by atoms with E-state index in [1.54, 1.807) is 18.3 Å². The van der Waals surface area contributed by atoms with Crippen molar-refractivity contribution in [3.8, 4) is 0 Å². The molecular weight excluding hydrogens is 302 g/mol. The molecule has 0 saturated carbocycles. The second-order valence-corrected chi connectivity index (χ2v) is 5.57. The molecule has 1 aromatic carbocycles. The maximum absolute atomic E-state index is 11.5. The number of carbonyl (C=O) groups excluding carboxylic acids is 1. The number of carbonyl (C=O) groups is 1. The summed E-state index contributed by atoms with van der Waals surface area (Å²) in [5, 5.41) is 0. The van der Waals surface area contributed by atoms with Gasteiger partial charge in [-0.05, 0) is 31.0 Å². The highest BCUT2D eigenvalue weighted by Crippen LogP contribution is 2.21. The van der Waals surface area contributed by atoms with Gasteiger partial charge in [-0.15, -0.1) is 11.3 Å². The van der Waals surface area contributed by atoms with E-state index in [9.17, 15) is 4.79 Å². The zero-order valence-corrected chi connectivity index (χ0v) is 11.8. The molecule has 17 heavy (non-hydrogen) atoms. The first-order valence-corrected chi connectivity index (χ1v) is 7.13. The van der Waals surface area contributed by atoms with Gasteiger partial charge in [-0.2, -0.15) is 0 Å². The Morgan fingerprint density at radius 2 is 2.41 bits per heavy atom. The average molecular weight is 314 g/mol. The molecule has 0 aliphatic heterocycles. The summed E-state index contributed by atoms with van der Waals surface area (Å²) in [4.78, 5) is 15.4. The largest absolute Gasteiger partial charge is 0.465 e. The Balaban J connectivity index is 2.09. The first kappa shape index (κ1) is 12.5. The van der Waals surface area contributed by atoms with E-state index >= 15 is 0 Å². The molecule has 2 rings (SSSR count). The molecule has 3 nitrogen and oxygen atoms in total. The zero-order valence-electron chi connectivity index (χ0n) is 9.35. The van der Waals surface area contributed by atoms with Gasteiger partial charge in [0.15, 0.2) is 0 Å². The number of hydrogen-bond donors (Lipinski definition) is 0. The van der Waals surface area contributed by atoms with E-state index in [4.69, 9.17) is 4.74 Å². The van der Waals surface area contributed by atoms with Crippen LogP contribution < -0.4 is 0 Å². The molecule has 90 valence electrons. The molecule has 2 aromatic rings. The molecule has 1 atom stereocenters. The summed E-state index contributed by atoms with van der Waals surface area (Å²) in [6.07, 6.45) is 0.632. The number of esters is 1. The van der Waals surface area contributed by atoms with Crippen molar-refractivity contribution < 1.29 is 9.53 Å². The highest BCUT2D eigenvalue weighted by Gasteiger charge is 2.16. The lowest BCUT2D eigenvalue weighted by atomic mass is 10.1. The van der Waals surface area contributed by atoms with Gasteiger partial charge in [0, 0.05) is 0 Å². The highest BCUT2D eigenvalue weighted by molar-refractivity contribution is 9.10. The van der Waals surface area contributed by atoms with Gasteiger partial charge in [0.05, 0.1) is 22.3 Å². The normalized spacial score (nSPS) is 12.6. The molecule has 0 fully saturated rings. The fraction of sp³-hybridized carbons (Fsp3) is 0.333. The van der Waals surface area contributed by atoms with Gasteiger partial charge in [0.1, 0.15) is 4.83 Å². The fourth-order valence-corrected chi connectivity index (χ4v) is 2.80. The monoisotopic (exact) mass is 313 g/mol. The topological polar surface area (TPSA) is 39.2 Å². The summed E-state index contributed by atoms with van der Waals surface area (Å²) < 4.78 is 6.10. The molecule has 0 bridgehead atoms. The molecule has 0 spiro atoms.